The van der Waals surface area contributed by atoms with Crippen LogP contribution in [0.1, 0.15) is 66.8 Å². The second kappa shape index (κ2) is 8.26. The zero-order valence-electron chi connectivity index (χ0n) is 18.2. The Morgan fingerprint density at radius 2 is 2.03 bits per heavy atom. The van der Waals surface area contributed by atoms with E-state index in [1.165, 1.54) is 18.4 Å². The predicted molar refractivity (Wildman–Crippen MR) is 116 cm³/mol. The molecule has 1 aromatic heterocycles. The smallest absolute Gasteiger partial charge is 0.341 e. The SMILES string of the molecule is COC(=O)c1c(NC(=O)CN2C(=O)N[C@]3(CCCC[C@H]3C)C2=O)sc2c1CC[C@H](C)C2. The molecule has 1 spiro atoms. The van der Waals surface area contributed by atoms with Gasteiger partial charge in [0, 0.05) is 4.88 Å². The lowest BCUT2D eigenvalue weighted by Gasteiger charge is -2.36. The summed E-state index contributed by atoms with van der Waals surface area (Å²) in [6.07, 6.45) is 5.97. The first-order valence-corrected chi connectivity index (χ1v) is 11.7. The number of hydrogen-bond donors (Lipinski definition) is 2. The molecule has 4 rings (SSSR count). The van der Waals surface area contributed by atoms with Crippen molar-refractivity contribution in [2.24, 2.45) is 11.8 Å². The molecule has 0 unspecified atom stereocenters. The van der Waals surface area contributed by atoms with Crippen molar-refractivity contribution < 1.29 is 23.9 Å². The van der Waals surface area contributed by atoms with Crippen molar-refractivity contribution in [1.29, 1.82) is 0 Å². The summed E-state index contributed by atoms with van der Waals surface area (Å²) in [6.45, 7) is 3.76. The molecular formula is C22H29N3O5S. The molecule has 0 aromatic carbocycles. The van der Waals surface area contributed by atoms with Crippen LogP contribution in [0.25, 0.3) is 0 Å². The number of carbonyl (C=O) groups excluding carboxylic acids is 4. The molecule has 0 radical (unpaired) electrons. The molecule has 168 valence electrons. The fraction of sp³-hybridized carbons (Fsp3) is 0.636. The van der Waals surface area contributed by atoms with E-state index < -0.39 is 23.4 Å². The van der Waals surface area contributed by atoms with Crippen LogP contribution in [-0.4, -0.2) is 47.9 Å². The zero-order valence-corrected chi connectivity index (χ0v) is 19.0. The summed E-state index contributed by atoms with van der Waals surface area (Å²) in [6, 6.07) is -0.526. The average Bonchev–Trinajstić information content (AvgIpc) is 3.19. The number of rotatable bonds is 4. The number of amides is 4. The van der Waals surface area contributed by atoms with E-state index in [4.69, 9.17) is 4.74 Å². The molecule has 31 heavy (non-hydrogen) atoms. The van der Waals surface area contributed by atoms with Gasteiger partial charge >= 0.3 is 12.0 Å². The standard InChI is InChI=1S/C22H29N3O5S/c1-12-7-8-14-15(10-12)31-18(17(14)19(27)30-3)23-16(26)11-25-20(28)22(24-21(25)29)9-5-4-6-13(22)2/h12-13H,4-11H2,1-3H3,(H,23,26)(H,24,29)/t12-,13+,22-/m0/s1. The van der Waals surface area contributed by atoms with Gasteiger partial charge in [-0.1, -0.05) is 26.7 Å². The van der Waals surface area contributed by atoms with Gasteiger partial charge in [0.15, 0.2) is 0 Å². The molecule has 3 atom stereocenters. The number of ether oxygens (including phenoxy) is 1. The third-order valence-electron chi connectivity index (χ3n) is 6.96. The van der Waals surface area contributed by atoms with E-state index in [2.05, 4.69) is 17.6 Å². The number of urea groups is 1. The Labute approximate surface area is 185 Å². The molecule has 2 N–H and O–H groups in total. The number of esters is 1. The first kappa shape index (κ1) is 21.8. The Morgan fingerprint density at radius 3 is 2.74 bits per heavy atom. The number of hydrogen-bond acceptors (Lipinski definition) is 6. The van der Waals surface area contributed by atoms with E-state index in [9.17, 15) is 19.2 Å². The summed E-state index contributed by atoms with van der Waals surface area (Å²) in [5, 5.41) is 6.06. The van der Waals surface area contributed by atoms with Gasteiger partial charge in [-0.2, -0.15) is 0 Å². The van der Waals surface area contributed by atoms with E-state index in [1.54, 1.807) is 0 Å². The van der Waals surface area contributed by atoms with Crippen molar-refractivity contribution >= 4 is 40.2 Å². The van der Waals surface area contributed by atoms with Crippen molar-refractivity contribution in [2.45, 2.75) is 64.3 Å². The van der Waals surface area contributed by atoms with E-state index in [0.29, 0.717) is 22.9 Å². The van der Waals surface area contributed by atoms with Gasteiger partial charge in [0.05, 0.1) is 12.7 Å². The summed E-state index contributed by atoms with van der Waals surface area (Å²) in [5.74, 6) is -0.761. The van der Waals surface area contributed by atoms with Crippen molar-refractivity contribution in [2.75, 3.05) is 19.0 Å². The van der Waals surface area contributed by atoms with Gasteiger partial charge in [-0.3, -0.25) is 14.5 Å². The number of imide groups is 1. The maximum atomic E-state index is 13.1. The number of anilines is 1. The molecular weight excluding hydrogens is 418 g/mol. The summed E-state index contributed by atoms with van der Waals surface area (Å²) in [7, 11) is 1.32. The first-order valence-electron chi connectivity index (χ1n) is 10.9. The van der Waals surface area contributed by atoms with Crippen LogP contribution in [0.4, 0.5) is 9.80 Å². The van der Waals surface area contributed by atoms with Gasteiger partial charge in [0.2, 0.25) is 5.91 Å². The van der Waals surface area contributed by atoms with Crippen LogP contribution in [0.15, 0.2) is 0 Å². The van der Waals surface area contributed by atoms with E-state index in [-0.39, 0.29) is 18.4 Å². The quantitative estimate of drug-likeness (QED) is 0.545. The van der Waals surface area contributed by atoms with Crippen LogP contribution in [0.3, 0.4) is 0 Å². The van der Waals surface area contributed by atoms with Crippen molar-refractivity contribution in [3.05, 3.63) is 16.0 Å². The fourth-order valence-corrected chi connectivity index (χ4v) is 6.52. The maximum absolute atomic E-state index is 13.1. The van der Waals surface area contributed by atoms with Gasteiger partial charge in [-0.25, -0.2) is 9.59 Å². The van der Waals surface area contributed by atoms with Crippen LogP contribution >= 0.6 is 11.3 Å². The molecule has 2 aliphatic carbocycles. The molecule has 3 aliphatic rings. The number of methoxy groups -OCH3 is 1. The molecule has 0 bridgehead atoms. The number of thiophene rings is 1. The van der Waals surface area contributed by atoms with Gasteiger partial charge in [0.25, 0.3) is 5.91 Å². The third kappa shape index (κ3) is 3.73. The molecule has 1 aliphatic heterocycles. The Hall–Kier alpha value is -2.42. The molecule has 1 saturated heterocycles. The van der Waals surface area contributed by atoms with Gasteiger partial charge in [0.1, 0.15) is 17.1 Å². The predicted octanol–water partition coefficient (Wildman–Crippen LogP) is 3.10. The highest BCUT2D eigenvalue weighted by Gasteiger charge is 2.55. The van der Waals surface area contributed by atoms with Crippen molar-refractivity contribution in [3.8, 4) is 0 Å². The Kier molecular flexibility index (Phi) is 5.81. The van der Waals surface area contributed by atoms with E-state index in [1.807, 2.05) is 6.92 Å². The highest BCUT2D eigenvalue weighted by molar-refractivity contribution is 7.17. The second-order valence-electron chi connectivity index (χ2n) is 9.04. The highest BCUT2D eigenvalue weighted by atomic mass is 32.1. The second-order valence-corrected chi connectivity index (χ2v) is 10.1. The average molecular weight is 448 g/mol. The summed E-state index contributed by atoms with van der Waals surface area (Å²) in [5.41, 5.74) is 0.442. The molecule has 4 amide bonds. The minimum absolute atomic E-state index is 0.0303. The summed E-state index contributed by atoms with van der Waals surface area (Å²) < 4.78 is 4.95. The first-order chi connectivity index (χ1) is 14.8. The topological polar surface area (TPSA) is 105 Å². The maximum Gasteiger partial charge on any atom is 0.341 e. The van der Waals surface area contributed by atoms with E-state index in [0.717, 1.165) is 53.9 Å². The van der Waals surface area contributed by atoms with E-state index >= 15 is 0 Å². The van der Waals surface area contributed by atoms with Crippen LogP contribution in [0.5, 0.6) is 0 Å². The lowest BCUT2D eigenvalue weighted by atomic mass is 9.73. The Balaban J connectivity index is 1.52. The molecule has 9 heteroatoms. The highest BCUT2D eigenvalue weighted by Crippen LogP contribution is 2.41. The molecule has 2 heterocycles. The van der Waals surface area contributed by atoms with Crippen molar-refractivity contribution in [3.63, 3.8) is 0 Å². The van der Waals surface area contributed by atoms with Gasteiger partial charge in [-0.15, -0.1) is 11.3 Å². The number of fused-ring (bicyclic) bond motifs is 1. The minimum atomic E-state index is -0.898. The lowest BCUT2D eigenvalue weighted by molar-refractivity contribution is -0.136. The third-order valence-corrected chi connectivity index (χ3v) is 8.13. The van der Waals surface area contributed by atoms with Crippen LogP contribution in [-0.2, 0) is 27.2 Å². The number of nitrogens with one attached hydrogen (secondary N) is 2. The fourth-order valence-electron chi connectivity index (χ4n) is 5.11. The molecule has 2 fully saturated rings. The Bertz CT molecular complexity index is 942. The van der Waals surface area contributed by atoms with Crippen LogP contribution < -0.4 is 10.6 Å². The molecule has 1 aromatic rings. The minimum Gasteiger partial charge on any atom is -0.465 e. The van der Waals surface area contributed by atoms with Crippen molar-refractivity contribution in [1.82, 2.24) is 10.2 Å². The number of nitrogens with zero attached hydrogens (tertiary/aromatic N) is 1. The summed E-state index contributed by atoms with van der Waals surface area (Å²) in [4.78, 5) is 53.0. The zero-order chi connectivity index (χ0) is 22.3. The van der Waals surface area contributed by atoms with Gasteiger partial charge < -0.3 is 15.4 Å². The number of carbonyl (C=O) groups is 4. The summed E-state index contributed by atoms with van der Waals surface area (Å²) >= 11 is 1.38. The largest absolute Gasteiger partial charge is 0.465 e. The van der Waals surface area contributed by atoms with Crippen LogP contribution in [0, 0.1) is 11.8 Å². The molecule has 8 nitrogen and oxygen atoms in total. The van der Waals surface area contributed by atoms with Gasteiger partial charge in [-0.05, 0) is 49.5 Å². The van der Waals surface area contributed by atoms with Crippen LogP contribution in [0.2, 0.25) is 0 Å². The normalized spacial score (nSPS) is 27.8. The monoisotopic (exact) mass is 447 g/mol. The lowest BCUT2D eigenvalue weighted by Crippen LogP contribution is -2.54. The molecule has 1 saturated carbocycles. The Morgan fingerprint density at radius 1 is 1.26 bits per heavy atom.